The second kappa shape index (κ2) is 8.81. The minimum Gasteiger partial charge on any atom is -0.496 e. The second-order valence-corrected chi connectivity index (χ2v) is 7.05. The lowest BCUT2D eigenvalue weighted by Gasteiger charge is -2.17. The molecule has 1 aromatic carbocycles. The number of ether oxygens (including phenoxy) is 2. The van der Waals surface area contributed by atoms with Crippen molar-refractivity contribution in [3.8, 4) is 22.8 Å². The van der Waals surface area contributed by atoms with Gasteiger partial charge in [-0.05, 0) is 19.2 Å². The number of hydrogen-bond acceptors (Lipinski definition) is 8. The number of nitrogens with zero attached hydrogens (tertiary/aromatic N) is 3. The molecule has 0 saturated carbocycles. The van der Waals surface area contributed by atoms with Crippen LogP contribution in [0.1, 0.15) is 5.56 Å². The van der Waals surface area contributed by atoms with E-state index in [2.05, 4.69) is 15.3 Å². The Morgan fingerprint density at radius 2 is 1.93 bits per heavy atom. The molecule has 0 radical (unpaired) electrons. The summed E-state index contributed by atoms with van der Waals surface area (Å²) in [5.41, 5.74) is 2.86. The van der Waals surface area contributed by atoms with Crippen LogP contribution in [-0.2, 0) is 0 Å². The van der Waals surface area contributed by atoms with Crippen molar-refractivity contribution in [2.75, 3.05) is 38.9 Å². The molecule has 0 aliphatic heterocycles. The Labute approximate surface area is 172 Å². The molecule has 2 N–H and O–H groups in total. The van der Waals surface area contributed by atoms with Crippen LogP contribution >= 0.6 is 23.4 Å². The zero-order valence-corrected chi connectivity index (χ0v) is 17.6. The molecule has 2 aromatic heterocycles. The van der Waals surface area contributed by atoms with Crippen molar-refractivity contribution in [2.45, 2.75) is 12.1 Å². The van der Waals surface area contributed by atoms with Gasteiger partial charge in [0.05, 0.1) is 31.5 Å². The number of fused-ring (bicyclic) bond motifs is 1. The zero-order valence-electron chi connectivity index (χ0n) is 16.0. The quantitative estimate of drug-likeness (QED) is 0.440. The van der Waals surface area contributed by atoms with E-state index in [0.717, 1.165) is 10.9 Å². The summed E-state index contributed by atoms with van der Waals surface area (Å²) in [5, 5.41) is 14.3. The number of hydrogen-bond donors (Lipinski definition) is 2. The fraction of sp³-hybridized carbons (Fsp3) is 0.316. The lowest BCUT2D eigenvalue weighted by Crippen LogP contribution is -2.09. The molecule has 0 unspecified atom stereocenters. The normalized spacial score (nSPS) is 10.9. The Balaban J connectivity index is 2.29. The average Bonchev–Trinajstić information content (AvgIpc) is 2.72. The van der Waals surface area contributed by atoms with Crippen LogP contribution in [0.25, 0.3) is 22.2 Å². The number of rotatable bonds is 7. The first-order valence-corrected chi connectivity index (χ1v) is 10.1. The van der Waals surface area contributed by atoms with E-state index in [4.69, 9.17) is 26.1 Å². The minimum absolute atomic E-state index is 0.0271. The summed E-state index contributed by atoms with van der Waals surface area (Å²) in [7, 11) is 3.15. The molecule has 3 rings (SSSR count). The number of pyridine rings is 1. The number of halogens is 1. The van der Waals surface area contributed by atoms with Gasteiger partial charge >= 0.3 is 0 Å². The van der Waals surface area contributed by atoms with Gasteiger partial charge in [-0.15, -0.1) is 0 Å². The summed E-state index contributed by atoms with van der Waals surface area (Å²) < 4.78 is 10.9. The standard InChI is InChI=1S/C19H21ClN4O3S/c1-10-13(26-2)8-14(27-3)16(20)15(10)12-7-11-9-22-19(28-4)24-17(11)18(23-12)21-5-6-25/h7-9,25H,5-6H2,1-4H3,(H,21,23). The number of aliphatic hydroxyl groups is 1. The lowest BCUT2D eigenvalue weighted by molar-refractivity contribution is 0.311. The summed E-state index contributed by atoms with van der Waals surface area (Å²) in [6.07, 6.45) is 3.67. The van der Waals surface area contributed by atoms with Crippen LogP contribution in [0.15, 0.2) is 23.5 Å². The van der Waals surface area contributed by atoms with E-state index in [1.54, 1.807) is 26.5 Å². The number of nitrogens with one attached hydrogen (secondary N) is 1. The number of methoxy groups -OCH3 is 2. The second-order valence-electron chi connectivity index (χ2n) is 5.90. The van der Waals surface area contributed by atoms with Crippen molar-refractivity contribution < 1.29 is 14.6 Å². The van der Waals surface area contributed by atoms with Crippen molar-refractivity contribution in [2.24, 2.45) is 0 Å². The zero-order chi connectivity index (χ0) is 20.3. The minimum atomic E-state index is -0.0271. The van der Waals surface area contributed by atoms with Gasteiger partial charge in [-0.3, -0.25) is 0 Å². The summed E-state index contributed by atoms with van der Waals surface area (Å²) in [5.74, 6) is 1.70. The fourth-order valence-corrected chi connectivity index (χ4v) is 3.62. The van der Waals surface area contributed by atoms with Gasteiger partial charge in [-0.1, -0.05) is 23.4 Å². The fourth-order valence-electron chi connectivity index (χ4n) is 2.91. The van der Waals surface area contributed by atoms with Crippen LogP contribution < -0.4 is 14.8 Å². The van der Waals surface area contributed by atoms with E-state index >= 15 is 0 Å². The molecule has 2 heterocycles. The SMILES string of the molecule is COc1cc(OC)c(Cl)c(-c2cc3cnc(SC)nc3c(NCCO)n2)c1C. The molecule has 0 amide bonds. The Bertz CT molecular complexity index is 988. The molecule has 0 aliphatic carbocycles. The maximum atomic E-state index is 9.23. The third-order valence-corrected chi connectivity index (χ3v) is 5.21. The molecule has 0 spiro atoms. The highest BCUT2D eigenvalue weighted by molar-refractivity contribution is 7.98. The molecular weight excluding hydrogens is 400 g/mol. The molecular formula is C19H21ClN4O3S. The van der Waals surface area contributed by atoms with E-state index in [-0.39, 0.29) is 6.61 Å². The molecule has 0 bridgehead atoms. The largest absolute Gasteiger partial charge is 0.496 e. The Hall–Kier alpha value is -2.29. The van der Waals surface area contributed by atoms with E-state index in [1.165, 1.54) is 11.8 Å². The third kappa shape index (κ3) is 3.80. The predicted molar refractivity (Wildman–Crippen MR) is 113 cm³/mol. The Kier molecular flexibility index (Phi) is 6.43. The molecule has 148 valence electrons. The Morgan fingerprint density at radius 3 is 2.57 bits per heavy atom. The van der Waals surface area contributed by atoms with Crippen LogP contribution in [-0.4, -0.2) is 53.7 Å². The molecule has 28 heavy (non-hydrogen) atoms. The van der Waals surface area contributed by atoms with E-state index in [9.17, 15) is 5.11 Å². The van der Waals surface area contributed by atoms with Crippen LogP contribution in [0.2, 0.25) is 5.02 Å². The van der Waals surface area contributed by atoms with Gasteiger partial charge in [-0.2, -0.15) is 0 Å². The van der Waals surface area contributed by atoms with Gasteiger partial charge in [0.1, 0.15) is 17.0 Å². The van der Waals surface area contributed by atoms with Gasteiger partial charge < -0.3 is 19.9 Å². The van der Waals surface area contributed by atoms with Crippen molar-refractivity contribution >= 4 is 40.1 Å². The van der Waals surface area contributed by atoms with E-state index in [0.29, 0.717) is 50.8 Å². The topological polar surface area (TPSA) is 89.4 Å². The van der Waals surface area contributed by atoms with Crippen LogP contribution in [0.4, 0.5) is 5.82 Å². The van der Waals surface area contributed by atoms with Gasteiger partial charge in [0.15, 0.2) is 11.0 Å². The van der Waals surface area contributed by atoms with Gasteiger partial charge in [0.2, 0.25) is 0 Å². The molecule has 7 nitrogen and oxygen atoms in total. The van der Waals surface area contributed by atoms with Gasteiger partial charge in [0, 0.05) is 35.3 Å². The number of aliphatic hydroxyl groups excluding tert-OH is 1. The van der Waals surface area contributed by atoms with Gasteiger partial charge in [0.25, 0.3) is 0 Å². The first kappa shape index (κ1) is 20.4. The van der Waals surface area contributed by atoms with Gasteiger partial charge in [-0.25, -0.2) is 15.0 Å². The molecule has 0 saturated heterocycles. The van der Waals surface area contributed by atoms with Crippen molar-refractivity contribution in [3.63, 3.8) is 0 Å². The monoisotopic (exact) mass is 420 g/mol. The molecule has 0 fully saturated rings. The summed E-state index contributed by atoms with van der Waals surface area (Å²) in [6, 6.07) is 3.64. The molecule has 9 heteroatoms. The third-order valence-electron chi connectivity index (χ3n) is 4.27. The smallest absolute Gasteiger partial charge is 0.187 e. The van der Waals surface area contributed by atoms with E-state index < -0.39 is 0 Å². The number of benzene rings is 1. The molecule has 0 aliphatic rings. The number of anilines is 1. The average molecular weight is 421 g/mol. The lowest BCUT2D eigenvalue weighted by atomic mass is 10.0. The van der Waals surface area contributed by atoms with Crippen molar-refractivity contribution in [1.82, 2.24) is 15.0 Å². The maximum absolute atomic E-state index is 9.23. The summed E-state index contributed by atoms with van der Waals surface area (Å²) in [6.45, 7) is 2.23. The van der Waals surface area contributed by atoms with Crippen molar-refractivity contribution in [1.29, 1.82) is 0 Å². The Morgan fingerprint density at radius 1 is 1.18 bits per heavy atom. The van der Waals surface area contributed by atoms with E-state index in [1.807, 2.05) is 19.2 Å². The summed E-state index contributed by atoms with van der Waals surface area (Å²) in [4.78, 5) is 13.7. The highest BCUT2D eigenvalue weighted by Gasteiger charge is 2.20. The van der Waals surface area contributed by atoms with Crippen molar-refractivity contribution in [3.05, 3.63) is 28.9 Å². The molecule has 0 atom stereocenters. The highest BCUT2D eigenvalue weighted by Crippen LogP contribution is 2.43. The maximum Gasteiger partial charge on any atom is 0.187 e. The predicted octanol–water partition coefficient (Wildman–Crippen LogP) is 3.80. The first-order valence-electron chi connectivity index (χ1n) is 8.52. The summed E-state index contributed by atoms with van der Waals surface area (Å²) >= 11 is 8.07. The first-order chi connectivity index (χ1) is 13.5. The highest BCUT2D eigenvalue weighted by atomic mass is 35.5. The molecule has 3 aromatic rings. The van der Waals surface area contributed by atoms with Crippen LogP contribution in [0.5, 0.6) is 11.5 Å². The number of thioether (sulfide) groups is 1. The van der Waals surface area contributed by atoms with Crippen LogP contribution in [0, 0.1) is 6.92 Å². The van der Waals surface area contributed by atoms with Crippen LogP contribution in [0.3, 0.4) is 0 Å². The number of aromatic nitrogens is 3.